The first kappa shape index (κ1) is 11.3. The van der Waals surface area contributed by atoms with Crippen LogP contribution in [0.5, 0.6) is 0 Å². The second-order valence-electron chi connectivity index (χ2n) is 5.06. The molecule has 0 spiro atoms. The lowest BCUT2D eigenvalue weighted by atomic mass is 9.94. The number of fused-ring (bicyclic) bond motifs is 2. The van der Waals surface area contributed by atoms with Crippen LogP contribution in [0.2, 0.25) is 0 Å². The van der Waals surface area contributed by atoms with E-state index in [9.17, 15) is 0 Å². The van der Waals surface area contributed by atoms with Gasteiger partial charge in [-0.25, -0.2) is 0 Å². The summed E-state index contributed by atoms with van der Waals surface area (Å²) in [6, 6.07) is 18.1. The van der Waals surface area contributed by atoms with Gasteiger partial charge in [-0.2, -0.15) is 0 Å². The zero-order valence-electron chi connectivity index (χ0n) is 11.1. The third-order valence-corrected chi connectivity index (χ3v) is 3.91. The zero-order chi connectivity index (χ0) is 12.5. The summed E-state index contributed by atoms with van der Waals surface area (Å²) in [6.45, 7) is 4.56. The third-order valence-electron chi connectivity index (χ3n) is 3.91. The first-order chi connectivity index (χ1) is 8.81. The fraction of sp³-hybridized carbons (Fsp3) is 0.294. The van der Waals surface area contributed by atoms with Crippen molar-refractivity contribution in [1.82, 2.24) is 0 Å². The van der Waals surface area contributed by atoms with E-state index in [1.165, 1.54) is 22.5 Å². The van der Waals surface area contributed by atoms with Crippen LogP contribution in [-0.2, 0) is 6.42 Å². The second kappa shape index (κ2) is 4.49. The highest BCUT2D eigenvalue weighted by atomic mass is 15.2. The molecule has 92 valence electrons. The number of hydrogen-bond acceptors (Lipinski definition) is 1. The molecule has 2 aromatic rings. The minimum Gasteiger partial charge on any atom is -0.338 e. The van der Waals surface area contributed by atoms with Gasteiger partial charge in [-0.3, -0.25) is 0 Å². The van der Waals surface area contributed by atoms with Gasteiger partial charge in [0.25, 0.3) is 0 Å². The molecule has 1 heterocycles. The predicted octanol–water partition coefficient (Wildman–Crippen LogP) is 4.53. The third kappa shape index (κ3) is 1.71. The molecule has 0 radical (unpaired) electrons. The lowest BCUT2D eigenvalue weighted by molar-refractivity contribution is 0.679. The van der Waals surface area contributed by atoms with Crippen molar-refractivity contribution in [3.05, 3.63) is 59.7 Å². The van der Waals surface area contributed by atoms with Gasteiger partial charge in [-0.15, -0.1) is 0 Å². The molecule has 2 aromatic carbocycles. The summed E-state index contributed by atoms with van der Waals surface area (Å²) in [5, 5.41) is 0. The molecule has 1 nitrogen and oxygen atoms in total. The monoisotopic (exact) mass is 237 g/mol. The van der Waals surface area contributed by atoms with Crippen LogP contribution in [0, 0.1) is 0 Å². The van der Waals surface area contributed by atoms with Crippen LogP contribution in [-0.4, -0.2) is 6.04 Å². The lowest BCUT2D eigenvalue weighted by Gasteiger charge is -2.37. The molecule has 1 aliphatic rings. The fourth-order valence-corrected chi connectivity index (χ4v) is 2.78. The quantitative estimate of drug-likeness (QED) is 0.742. The summed E-state index contributed by atoms with van der Waals surface area (Å²) < 4.78 is 0. The Morgan fingerprint density at radius 1 is 0.944 bits per heavy atom. The number of hydrogen-bond donors (Lipinski definition) is 0. The van der Waals surface area contributed by atoms with Crippen LogP contribution >= 0.6 is 0 Å². The maximum atomic E-state index is 2.49. The van der Waals surface area contributed by atoms with Gasteiger partial charge in [0.05, 0.1) is 0 Å². The molecular weight excluding hydrogens is 218 g/mol. The molecule has 1 heteroatoms. The fourth-order valence-electron chi connectivity index (χ4n) is 2.78. The molecule has 1 unspecified atom stereocenters. The van der Waals surface area contributed by atoms with E-state index in [2.05, 4.69) is 67.3 Å². The van der Waals surface area contributed by atoms with Crippen LogP contribution in [0.3, 0.4) is 0 Å². The van der Waals surface area contributed by atoms with Crippen molar-refractivity contribution in [2.75, 3.05) is 4.90 Å². The van der Waals surface area contributed by atoms with E-state index in [0.717, 1.165) is 12.8 Å². The summed E-state index contributed by atoms with van der Waals surface area (Å²) in [4.78, 5) is 2.49. The average Bonchev–Trinajstić information content (AvgIpc) is 2.44. The Labute approximate surface area is 109 Å². The summed E-state index contributed by atoms with van der Waals surface area (Å²) in [7, 11) is 0. The highest BCUT2D eigenvalue weighted by Gasteiger charge is 2.24. The minimum atomic E-state index is 0.535. The van der Waals surface area contributed by atoms with Crippen molar-refractivity contribution < 1.29 is 0 Å². The maximum Gasteiger partial charge on any atom is 0.0449 e. The molecule has 0 bridgehead atoms. The summed E-state index contributed by atoms with van der Waals surface area (Å²) in [5.74, 6) is 0. The van der Waals surface area contributed by atoms with E-state index in [4.69, 9.17) is 0 Å². The molecule has 1 atom stereocenters. The van der Waals surface area contributed by atoms with Gasteiger partial charge in [0.1, 0.15) is 0 Å². The zero-order valence-corrected chi connectivity index (χ0v) is 11.1. The smallest absolute Gasteiger partial charge is 0.0449 e. The van der Waals surface area contributed by atoms with Crippen molar-refractivity contribution in [2.24, 2.45) is 0 Å². The van der Waals surface area contributed by atoms with Crippen LogP contribution in [0.1, 0.15) is 31.4 Å². The van der Waals surface area contributed by atoms with Gasteiger partial charge in [-0.1, -0.05) is 43.3 Å². The van der Waals surface area contributed by atoms with E-state index >= 15 is 0 Å². The average molecular weight is 237 g/mol. The number of anilines is 2. The molecular formula is C17H19N. The normalized spacial score (nSPS) is 14.9. The first-order valence-electron chi connectivity index (χ1n) is 6.76. The Kier molecular flexibility index (Phi) is 2.83. The standard InChI is InChI=1S/C17H19N/c1-3-13(2)18-16-10-6-4-8-14(16)12-15-9-5-7-11-17(15)18/h4-11,13H,3,12H2,1-2H3. The van der Waals surface area contributed by atoms with E-state index in [1.54, 1.807) is 0 Å². The van der Waals surface area contributed by atoms with Crippen LogP contribution < -0.4 is 4.90 Å². The van der Waals surface area contributed by atoms with Crippen LogP contribution in [0.4, 0.5) is 11.4 Å². The molecule has 0 aromatic heterocycles. The van der Waals surface area contributed by atoms with Gasteiger partial charge < -0.3 is 4.90 Å². The van der Waals surface area contributed by atoms with Crippen molar-refractivity contribution in [3.8, 4) is 0 Å². The van der Waals surface area contributed by atoms with Gasteiger partial charge in [0, 0.05) is 23.8 Å². The molecule has 18 heavy (non-hydrogen) atoms. The Morgan fingerprint density at radius 2 is 1.44 bits per heavy atom. The summed E-state index contributed by atoms with van der Waals surface area (Å²) >= 11 is 0. The van der Waals surface area contributed by atoms with E-state index in [-0.39, 0.29) is 0 Å². The number of para-hydroxylation sites is 2. The molecule has 0 amide bonds. The van der Waals surface area contributed by atoms with Crippen molar-refractivity contribution >= 4 is 11.4 Å². The van der Waals surface area contributed by atoms with Crippen molar-refractivity contribution in [2.45, 2.75) is 32.7 Å². The molecule has 0 aliphatic carbocycles. The molecule has 0 N–H and O–H groups in total. The van der Waals surface area contributed by atoms with Crippen LogP contribution in [0.15, 0.2) is 48.5 Å². The molecule has 0 saturated carbocycles. The Hall–Kier alpha value is -1.76. The highest BCUT2D eigenvalue weighted by Crippen LogP contribution is 2.40. The predicted molar refractivity (Wildman–Crippen MR) is 77.6 cm³/mol. The van der Waals surface area contributed by atoms with Gasteiger partial charge in [0.15, 0.2) is 0 Å². The Bertz CT molecular complexity index is 514. The van der Waals surface area contributed by atoms with Gasteiger partial charge in [0.2, 0.25) is 0 Å². The summed E-state index contributed by atoms with van der Waals surface area (Å²) in [6.07, 6.45) is 2.21. The minimum absolute atomic E-state index is 0.535. The lowest BCUT2D eigenvalue weighted by Crippen LogP contribution is -2.31. The molecule has 0 fully saturated rings. The van der Waals surface area contributed by atoms with Crippen LogP contribution in [0.25, 0.3) is 0 Å². The SMILES string of the molecule is CCC(C)N1c2ccccc2Cc2ccccc21. The maximum absolute atomic E-state index is 2.49. The van der Waals surface area contributed by atoms with E-state index in [0.29, 0.717) is 6.04 Å². The molecule has 1 aliphatic heterocycles. The molecule has 3 rings (SSSR count). The number of benzene rings is 2. The first-order valence-corrected chi connectivity index (χ1v) is 6.76. The molecule has 0 saturated heterocycles. The summed E-state index contributed by atoms with van der Waals surface area (Å²) in [5.41, 5.74) is 5.64. The number of rotatable bonds is 2. The Balaban J connectivity index is 2.17. The number of nitrogens with zero attached hydrogens (tertiary/aromatic N) is 1. The Morgan fingerprint density at radius 3 is 1.94 bits per heavy atom. The highest BCUT2D eigenvalue weighted by molar-refractivity contribution is 5.74. The van der Waals surface area contributed by atoms with Gasteiger partial charge >= 0.3 is 0 Å². The second-order valence-corrected chi connectivity index (χ2v) is 5.06. The largest absolute Gasteiger partial charge is 0.338 e. The van der Waals surface area contributed by atoms with Crippen molar-refractivity contribution in [1.29, 1.82) is 0 Å². The van der Waals surface area contributed by atoms with Gasteiger partial charge in [-0.05, 0) is 36.6 Å². The van der Waals surface area contributed by atoms with E-state index in [1.807, 2.05) is 0 Å². The topological polar surface area (TPSA) is 3.24 Å². The van der Waals surface area contributed by atoms with E-state index < -0.39 is 0 Å². The van der Waals surface area contributed by atoms with Crippen molar-refractivity contribution in [3.63, 3.8) is 0 Å².